The first-order valence-electron chi connectivity index (χ1n) is 9.65. The van der Waals surface area contributed by atoms with E-state index in [1.807, 2.05) is 50.2 Å². The van der Waals surface area contributed by atoms with Crippen LogP contribution >= 0.6 is 11.3 Å². The Morgan fingerprint density at radius 3 is 2.53 bits per heavy atom. The molecule has 0 saturated carbocycles. The molecule has 3 rings (SSSR count). The summed E-state index contributed by atoms with van der Waals surface area (Å²) in [5.41, 5.74) is 3.22. The molecule has 152 valence electrons. The molecule has 0 aliphatic heterocycles. The Balaban J connectivity index is 1.82. The van der Waals surface area contributed by atoms with Crippen LogP contribution in [-0.4, -0.2) is 28.9 Å². The molecule has 0 fully saturated rings. The van der Waals surface area contributed by atoms with Gasteiger partial charge in [0.25, 0.3) is 5.91 Å². The van der Waals surface area contributed by atoms with Gasteiger partial charge >= 0.3 is 0 Å². The molecule has 6 heteroatoms. The lowest BCUT2D eigenvalue weighted by Gasteiger charge is -2.20. The average molecular weight is 418 g/mol. The number of aromatic nitrogens is 1. The summed E-state index contributed by atoms with van der Waals surface area (Å²) in [7, 11) is 0. The van der Waals surface area contributed by atoms with Gasteiger partial charge in [-0.25, -0.2) is 4.98 Å². The van der Waals surface area contributed by atoms with Gasteiger partial charge in [-0.15, -0.1) is 17.9 Å². The first-order chi connectivity index (χ1) is 14.5. The van der Waals surface area contributed by atoms with E-state index in [0.29, 0.717) is 35.8 Å². The highest BCUT2D eigenvalue weighted by Crippen LogP contribution is 2.30. The maximum Gasteiger partial charge on any atom is 0.266 e. The zero-order chi connectivity index (χ0) is 21.5. The third-order valence-corrected chi connectivity index (χ3v) is 5.69. The molecule has 30 heavy (non-hydrogen) atoms. The van der Waals surface area contributed by atoms with Crippen molar-refractivity contribution in [3.63, 3.8) is 0 Å². The number of carbonyl (C=O) groups is 1. The summed E-state index contributed by atoms with van der Waals surface area (Å²) in [4.78, 5) is 20.2. The Morgan fingerprint density at radius 2 is 1.93 bits per heavy atom. The first-order valence-corrected chi connectivity index (χ1v) is 10.5. The molecule has 5 nitrogen and oxygen atoms in total. The Morgan fingerprint density at radius 1 is 1.23 bits per heavy atom. The number of hydrogen-bond acceptors (Lipinski definition) is 5. The lowest BCUT2D eigenvalue weighted by atomic mass is 10.1. The smallest absolute Gasteiger partial charge is 0.266 e. The van der Waals surface area contributed by atoms with Gasteiger partial charge in [0.05, 0.1) is 23.9 Å². The number of carbonyl (C=O) groups excluding carboxylic acids is 1. The molecule has 1 aromatic heterocycles. The average Bonchev–Trinajstić information content (AvgIpc) is 3.16. The Hall–Kier alpha value is -3.43. The molecule has 0 bridgehead atoms. The number of aryl methyl sites for hydroxylation is 1. The third-order valence-electron chi connectivity index (χ3n) is 4.50. The van der Waals surface area contributed by atoms with E-state index in [2.05, 4.69) is 17.6 Å². The van der Waals surface area contributed by atoms with Gasteiger partial charge in [0.2, 0.25) is 0 Å². The topological polar surface area (TPSA) is 66.2 Å². The van der Waals surface area contributed by atoms with Gasteiger partial charge in [-0.05, 0) is 55.8 Å². The normalized spacial score (nSPS) is 10.3. The van der Waals surface area contributed by atoms with E-state index in [-0.39, 0.29) is 5.91 Å². The lowest BCUT2D eigenvalue weighted by molar-refractivity contribution is 0.0766. The predicted molar refractivity (Wildman–Crippen MR) is 120 cm³/mol. The Labute approximate surface area is 180 Å². The van der Waals surface area contributed by atoms with Crippen molar-refractivity contribution in [2.75, 3.05) is 13.2 Å². The van der Waals surface area contributed by atoms with Gasteiger partial charge < -0.3 is 9.64 Å². The number of hydrogen-bond donors (Lipinski definition) is 0. The third kappa shape index (κ3) is 4.94. The number of amides is 1. The van der Waals surface area contributed by atoms with Crippen LogP contribution < -0.4 is 4.74 Å². The molecular formula is C24H23N3O2S. The number of nitriles is 1. The minimum atomic E-state index is -0.0774. The van der Waals surface area contributed by atoms with Crippen molar-refractivity contribution in [3.05, 3.63) is 82.9 Å². The van der Waals surface area contributed by atoms with Crippen molar-refractivity contribution in [1.82, 2.24) is 9.88 Å². The van der Waals surface area contributed by atoms with Gasteiger partial charge in [-0.1, -0.05) is 18.2 Å². The second kappa shape index (κ2) is 9.86. The zero-order valence-corrected chi connectivity index (χ0v) is 17.9. The molecule has 0 aliphatic carbocycles. The molecule has 1 amide bonds. The van der Waals surface area contributed by atoms with Crippen molar-refractivity contribution in [1.29, 1.82) is 5.26 Å². The van der Waals surface area contributed by atoms with Crippen molar-refractivity contribution >= 4 is 17.2 Å². The summed E-state index contributed by atoms with van der Waals surface area (Å²) in [5.74, 6) is 0.733. The van der Waals surface area contributed by atoms with Gasteiger partial charge in [0, 0.05) is 18.7 Å². The quantitative estimate of drug-likeness (QED) is 0.472. The van der Waals surface area contributed by atoms with Crippen LogP contribution in [0.1, 0.15) is 33.4 Å². The fourth-order valence-corrected chi connectivity index (χ4v) is 4.04. The van der Waals surface area contributed by atoms with Crippen LogP contribution in [0.3, 0.4) is 0 Å². The minimum Gasteiger partial charge on any atom is -0.494 e. The van der Waals surface area contributed by atoms with E-state index < -0.39 is 0 Å². The van der Waals surface area contributed by atoms with Crippen molar-refractivity contribution in [2.45, 2.75) is 20.4 Å². The molecule has 0 atom stereocenters. The minimum absolute atomic E-state index is 0.0774. The van der Waals surface area contributed by atoms with Crippen LogP contribution in [0.15, 0.2) is 61.2 Å². The fourth-order valence-electron chi connectivity index (χ4n) is 3.00. The van der Waals surface area contributed by atoms with Crippen LogP contribution in [-0.2, 0) is 6.54 Å². The highest BCUT2D eigenvalue weighted by Gasteiger charge is 2.21. The Bertz CT molecular complexity index is 1060. The standard InChI is InChI=1S/C24H23N3O2S/c1-4-14-27(16-19-8-6-18(15-25)7-9-19)24(28)22-17(3)26-23(30-22)20-10-12-21(13-11-20)29-5-2/h4,6-13H,1,5,14,16H2,2-3H3. The van der Waals surface area contributed by atoms with E-state index in [4.69, 9.17) is 10.00 Å². The van der Waals surface area contributed by atoms with E-state index >= 15 is 0 Å². The van der Waals surface area contributed by atoms with E-state index in [9.17, 15) is 4.79 Å². The first kappa shape index (κ1) is 21.3. The van der Waals surface area contributed by atoms with E-state index in [1.54, 1.807) is 23.1 Å². The molecular weight excluding hydrogens is 394 g/mol. The van der Waals surface area contributed by atoms with E-state index in [1.165, 1.54) is 11.3 Å². The van der Waals surface area contributed by atoms with Crippen LogP contribution in [0.25, 0.3) is 10.6 Å². The summed E-state index contributed by atoms with van der Waals surface area (Å²) < 4.78 is 5.49. The number of thiazole rings is 1. The molecule has 0 spiro atoms. The van der Waals surface area contributed by atoms with Crippen molar-refractivity contribution in [2.24, 2.45) is 0 Å². The molecule has 2 aromatic carbocycles. The second-order valence-electron chi connectivity index (χ2n) is 6.67. The highest BCUT2D eigenvalue weighted by molar-refractivity contribution is 7.17. The largest absolute Gasteiger partial charge is 0.494 e. The lowest BCUT2D eigenvalue weighted by Crippen LogP contribution is -2.30. The van der Waals surface area contributed by atoms with Gasteiger partial charge in [-0.3, -0.25) is 4.79 Å². The molecule has 0 radical (unpaired) electrons. The SMILES string of the molecule is C=CCN(Cc1ccc(C#N)cc1)C(=O)c1sc(-c2ccc(OCC)cc2)nc1C. The zero-order valence-electron chi connectivity index (χ0n) is 17.1. The summed E-state index contributed by atoms with van der Waals surface area (Å²) in [6, 6.07) is 17.1. The maximum absolute atomic E-state index is 13.2. The van der Waals surface area contributed by atoms with Gasteiger partial charge in [-0.2, -0.15) is 5.26 Å². The summed E-state index contributed by atoms with van der Waals surface area (Å²) in [5, 5.41) is 9.76. The maximum atomic E-state index is 13.2. The van der Waals surface area contributed by atoms with Crippen molar-refractivity contribution in [3.8, 4) is 22.4 Å². The van der Waals surface area contributed by atoms with Crippen molar-refractivity contribution < 1.29 is 9.53 Å². The number of nitrogens with zero attached hydrogens (tertiary/aromatic N) is 3. The monoisotopic (exact) mass is 417 g/mol. The predicted octanol–water partition coefficient (Wildman–Crippen LogP) is 5.22. The summed E-state index contributed by atoms with van der Waals surface area (Å²) in [6.45, 7) is 9.07. The number of ether oxygens (including phenoxy) is 1. The molecule has 0 aliphatic rings. The molecule has 0 N–H and O–H groups in total. The summed E-state index contributed by atoms with van der Waals surface area (Å²) >= 11 is 1.39. The number of rotatable bonds is 8. The Kier molecular flexibility index (Phi) is 6.99. The molecule has 1 heterocycles. The molecule has 0 unspecified atom stereocenters. The van der Waals surface area contributed by atoms with Crippen LogP contribution in [0.4, 0.5) is 0 Å². The highest BCUT2D eigenvalue weighted by atomic mass is 32.1. The van der Waals surface area contributed by atoms with Crippen LogP contribution in [0, 0.1) is 18.3 Å². The molecule has 3 aromatic rings. The summed E-state index contributed by atoms with van der Waals surface area (Å²) in [6.07, 6.45) is 1.71. The number of benzene rings is 2. The fraction of sp³-hybridized carbons (Fsp3) is 0.208. The van der Waals surface area contributed by atoms with Gasteiger partial charge in [0.15, 0.2) is 0 Å². The second-order valence-corrected chi connectivity index (χ2v) is 7.67. The van der Waals surface area contributed by atoms with E-state index in [0.717, 1.165) is 21.9 Å². The van der Waals surface area contributed by atoms with Crippen LogP contribution in [0.2, 0.25) is 0 Å². The van der Waals surface area contributed by atoms with Gasteiger partial charge in [0.1, 0.15) is 15.6 Å². The molecule has 0 saturated heterocycles. The van der Waals surface area contributed by atoms with Crippen LogP contribution in [0.5, 0.6) is 5.75 Å².